The Labute approximate surface area is 92.7 Å². The number of rotatable bonds is 6. The van der Waals surface area contributed by atoms with Gasteiger partial charge in [-0.15, -0.1) is 0 Å². The number of ether oxygens (including phenoxy) is 1. The highest BCUT2D eigenvalue weighted by atomic mass is 16.5. The molecule has 0 bridgehead atoms. The van der Waals surface area contributed by atoms with E-state index in [-0.39, 0.29) is 11.9 Å². The van der Waals surface area contributed by atoms with E-state index in [2.05, 4.69) is 13.0 Å². The van der Waals surface area contributed by atoms with Crippen molar-refractivity contribution in [3.05, 3.63) is 11.6 Å². The third-order valence-electron chi connectivity index (χ3n) is 2.98. The van der Waals surface area contributed by atoms with Crippen LogP contribution in [-0.4, -0.2) is 12.6 Å². The van der Waals surface area contributed by atoms with Crippen LogP contribution in [0.2, 0.25) is 0 Å². The van der Waals surface area contributed by atoms with E-state index in [0.717, 1.165) is 32.1 Å². The SMILES string of the molecule is CCCCCOC(=O)C(C)C1=CCCC1. The number of allylic oxidation sites excluding steroid dienone is 1. The van der Waals surface area contributed by atoms with Gasteiger partial charge in [-0.05, 0) is 32.6 Å². The third-order valence-corrected chi connectivity index (χ3v) is 2.98. The van der Waals surface area contributed by atoms with Crippen molar-refractivity contribution in [3.63, 3.8) is 0 Å². The molecule has 0 heterocycles. The third kappa shape index (κ3) is 4.06. The van der Waals surface area contributed by atoms with Crippen LogP contribution >= 0.6 is 0 Å². The van der Waals surface area contributed by atoms with Crippen molar-refractivity contribution in [3.8, 4) is 0 Å². The molecule has 0 aliphatic heterocycles. The largest absolute Gasteiger partial charge is 0.465 e. The minimum Gasteiger partial charge on any atom is -0.465 e. The van der Waals surface area contributed by atoms with Gasteiger partial charge in [0.15, 0.2) is 0 Å². The minimum atomic E-state index is -0.0424. The molecule has 0 aromatic carbocycles. The smallest absolute Gasteiger partial charge is 0.312 e. The Morgan fingerprint density at radius 3 is 2.93 bits per heavy atom. The molecule has 0 aromatic rings. The monoisotopic (exact) mass is 210 g/mol. The first-order chi connectivity index (χ1) is 7.25. The van der Waals surface area contributed by atoms with Gasteiger partial charge < -0.3 is 4.74 Å². The van der Waals surface area contributed by atoms with Gasteiger partial charge in [-0.2, -0.15) is 0 Å². The van der Waals surface area contributed by atoms with Crippen molar-refractivity contribution in [1.29, 1.82) is 0 Å². The Morgan fingerprint density at radius 2 is 2.33 bits per heavy atom. The summed E-state index contributed by atoms with van der Waals surface area (Å²) in [5, 5.41) is 0. The summed E-state index contributed by atoms with van der Waals surface area (Å²) in [6.45, 7) is 4.69. The normalized spacial score (nSPS) is 17.3. The van der Waals surface area contributed by atoms with Crippen LogP contribution in [0.4, 0.5) is 0 Å². The summed E-state index contributed by atoms with van der Waals surface area (Å²) in [7, 11) is 0. The Kier molecular flexibility index (Phi) is 5.44. The fraction of sp³-hybridized carbons (Fsp3) is 0.769. The van der Waals surface area contributed by atoms with Crippen molar-refractivity contribution in [2.45, 2.75) is 52.4 Å². The maximum Gasteiger partial charge on any atom is 0.312 e. The minimum absolute atomic E-state index is 0.0193. The Morgan fingerprint density at radius 1 is 1.53 bits per heavy atom. The number of unbranched alkanes of at least 4 members (excludes halogenated alkanes) is 2. The zero-order chi connectivity index (χ0) is 11.1. The zero-order valence-electron chi connectivity index (χ0n) is 9.92. The van der Waals surface area contributed by atoms with E-state index in [1.165, 1.54) is 12.0 Å². The lowest BCUT2D eigenvalue weighted by molar-refractivity contribution is -0.146. The van der Waals surface area contributed by atoms with Crippen LogP contribution in [0.3, 0.4) is 0 Å². The van der Waals surface area contributed by atoms with Crippen molar-refractivity contribution >= 4 is 5.97 Å². The Balaban J connectivity index is 2.21. The lowest BCUT2D eigenvalue weighted by Gasteiger charge is -2.12. The van der Waals surface area contributed by atoms with Crippen LogP contribution in [-0.2, 0) is 9.53 Å². The van der Waals surface area contributed by atoms with E-state index in [9.17, 15) is 4.79 Å². The molecular weight excluding hydrogens is 188 g/mol. The molecule has 15 heavy (non-hydrogen) atoms. The van der Waals surface area contributed by atoms with Crippen molar-refractivity contribution < 1.29 is 9.53 Å². The molecule has 0 saturated heterocycles. The van der Waals surface area contributed by atoms with E-state index in [1.807, 2.05) is 6.92 Å². The van der Waals surface area contributed by atoms with E-state index >= 15 is 0 Å². The molecule has 2 heteroatoms. The van der Waals surface area contributed by atoms with Crippen LogP contribution in [0.5, 0.6) is 0 Å². The summed E-state index contributed by atoms with van der Waals surface area (Å²) >= 11 is 0. The van der Waals surface area contributed by atoms with Gasteiger partial charge in [0.25, 0.3) is 0 Å². The zero-order valence-corrected chi connectivity index (χ0v) is 9.92. The highest BCUT2D eigenvalue weighted by molar-refractivity contribution is 5.75. The molecule has 0 saturated carbocycles. The average Bonchev–Trinajstić information content (AvgIpc) is 2.76. The predicted molar refractivity (Wildman–Crippen MR) is 61.6 cm³/mol. The molecule has 1 aliphatic carbocycles. The molecule has 0 spiro atoms. The fourth-order valence-corrected chi connectivity index (χ4v) is 1.89. The number of esters is 1. The molecular formula is C13H22O2. The van der Waals surface area contributed by atoms with Crippen LogP contribution in [0.15, 0.2) is 11.6 Å². The van der Waals surface area contributed by atoms with Gasteiger partial charge in [0.1, 0.15) is 0 Å². The van der Waals surface area contributed by atoms with Gasteiger partial charge in [-0.3, -0.25) is 4.79 Å². The van der Waals surface area contributed by atoms with Crippen molar-refractivity contribution in [1.82, 2.24) is 0 Å². The van der Waals surface area contributed by atoms with Crippen LogP contribution in [0.1, 0.15) is 52.4 Å². The lowest BCUT2D eigenvalue weighted by Crippen LogP contribution is -2.16. The number of carbonyl (C=O) groups is 1. The van der Waals surface area contributed by atoms with Gasteiger partial charge in [0.05, 0.1) is 12.5 Å². The summed E-state index contributed by atoms with van der Waals surface area (Å²) < 4.78 is 5.24. The Hall–Kier alpha value is -0.790. The topological polar surface area (TPSA) is 26.3 Å². The molecule has 1 unspecified atom stereocenters. The van der Waals surface area contributed by atoms with E-state index in [1.54, 1.807) is 0 Å². The van der Waals surface area contributed by atoms with Crippen molar-refractivity contribution in [2.75, 3.05) is 6.61 Å². The van der Waals surface area contributed by atoms with Crippen LogP contribution < -0.4 is 0 Å². The molecule has 0 amide bonds. The molecule has 86 valence electrons. The summed E-state index contributed by atoms with van der Waals surface area (Å²) in [5.41, 5.74) is 1.27. The standard InChI is InChI=1S/C13H22O2/c1-3-4-7-10-15-13(14)11(2)12-8-5-6-9-12/h8,11H,3-7,9-10H2,1-2H3. The fourth-order valence-electron chi connectivity index (χ4n) is 1.89. The molecule has 0 N–H and O–H groups in total. The number of carbonyl (C=O) groups excluding carboxylic acids is 1. The maximum absolute atomic E-state index is 11.6. The van der Waals surface area contributed by atoms with Crippen LogP contribution in [0.25, 0.3) is 0 Å². The predicted octanol–water partition coefficient (Wildman–Crippen LogP) is 3.47. The van der Waals surface area contributed by atoms with Crippen LogP contribution in [0, 0.1) is 5.92 Å². The first kappa shape index (κ1) is 12.3. The Bertz CT molecular complexity index is 231. The lowest BCUT2D eigenvalue weighted by atomic mass is 10.0. The van der Waals surface area contributed by atoms with Gasteiger partial charge in [-0.25, -0.2) is 0 Å². The summed E-state index contributed by atoms with van der Waals surface area (Å²) in [6.07, 6.45) is 8.89. The summed E-state index contributed by atoms with van der Waals surface area (Å²) in [6, 6.07) is 0. The molecule has 1 atom stereocenters. The second-order valence-electron chi connectivity index (χ2n) is 4.27. The molecule has 1 aliphatic rings. The van der Waals surface area contributed by atoms with Gasteiger partial charge in [0.2, 0.25) is 0 Å². The van der Waals surface area contributed by atoms with E-state index in [0.29, 0.717) is 6.61 Å². The van der Waals surface area contributed by atoms with Gasteiger partial charge in [0, 0.05) is 0 Å². The quantitative estimate of drug-likeness (QED) is 0.381. The molecule has 1 rings (SSSR count). The highest BCUT2D eigenvalue weighted by Crippen LogP contribution is 2.25. The first-order valence-corrected chi connectivity index (χ1v) is 6.11. The highest BCUT2D eigenvalue weighted by Gasteiger charge is 2.20. The van der Waals surface area contributed by atoms with Crippen molar-refractivity contribution in [2.24, 2.45) is 5.92 Å². The van der Waals surface area contributed by atoms with E-state index in [4.69, 9.17) is 4.74 Å². The first-order valence-electron chi connectivity index (χ1n) is 6.11. The average molecular weight is 210 g/mol. The summed E-state index contributed by atoms with van der Waals surface area (Å²) in [4.78, 5) is 11.6. The summed E-state index contributed by atoms with van der Waals surface area (Å²) in [5.74, 6) is -0.0617. The maximum atomic E-state index is 11.6. The molecule has 0 aromatic heterocycles. The number of hydrogen-bond acceptors (Lipinski definition) is 2. The van der Waals surface area contributed by atoms with Gasteiger partial charge >= 0.3 is 5.97 Å². The van der Waals surface area contributed by atoms with E-state index < -0.39 is 0 Å². The van der Waals surface area contributed by atoms with Gasteiger partial charge in [-0.1, -0.05) is 31.4 Å². The molecule has 0 fully saturated rings. The second kappa shape index (κ2) is 6.65. The second-order valence-corrected chi connectivity index (χ2v) is 4.27. The molecule has 0 radical (unpaired) electrons. The molecule has 2 nitrogen and oxygen atoms in total. The number of hydrogen-bond donors (Lipinski definition) is 0.